The van der Waals surface area contributed by atoms with E-state index in [0.717, 1.165) is 22.1 Å². The van der Waals surface area contributed by atoms with Gasteiger partial charge in [-0.25, -0.2) is 9.59 Å². The van der Waals surface area contributed by atoms with E-state index in [1.165, 1.54) is 0 Å². The Morgan fingerprint density at radius 2 is 1.61 bits per heavy atom. The molecule has 1 aromatic heterocycles. The van der Waals surface area contributed by atoms with Gasteiger partial charge in [0, 0.05) is 5.39 Å². The van der Waals surface area contributed by atoms with E-state index in [2.05, 4.69) is 0 Å². The van der Waals surface area contributed by atoms with Crippen molar-refractivity contribution in [3.05, 3.63) is 99.9 Å². The molecule has 138 valence electrons. The molecule has 4 nitrogen and oxygen atoms in total. The molecule has 0 atom stereocenters. The van der Waals surface area contributed by atoms with Crippen LogP contribution in [0, 0.1) is 13.8 Å². The number of hydrogen-bond acceptors (Lipinski definition) is 4. The highest BCUT2D eigenvalue weighted by molar-refractivity contribution is 5.92. The standard InChI is InChI=1S/C24H18O4/c1-15-8-10-18(11-9-15)23(25)27-19-12-13-21-20(14-19)16(2)22(24(26)28-21)17-6-4-3-5-7-17/h3-14H,1-2H3. The molecule has 0 N–H and O–H groups in total. The number of fused-ring (bicyclic) bond motifs is 1. The van der Waals surface area contributed by atoms with Gasteiger partial charge in [-0.05, 0) is 55.3 Å². The van der Waals surface area contributed by atoms with Crippen molar-refractivity contribution < 1.29 is 13.9 Å². The van der Waals surface area contributed by atoms with Crippen LogP contribution < -0.4 is 10.4 Å². The first-order valence-electron chi connectivity index (χ1n) is 8.94. The lowest BCUT2D eigenvalue weighted by atomic mass is 9.99. The van der Waals surface area contributed by atoms with Crippen molar-refractivity contribution in [1.82, 2.24) is 0 Å². The van der Waals surface area contributed by atoms with Gasteiger partial charge < -0.3 is 9.15 Å². The SMILES string of the molecule is Cc1ccc(C(=O)Oc2ccc3oc(=O)c(-c4ccccc4)c(C)c3c2)cc1. The normalized spacial score (nSPS) is 10.8. The second kappa shape index (κ2) is 7.16. The summed E-state index contributed by atoms with van der Waals surface area (Å²) in [6.07, 6.45) is 0. The number of benzene rings is 3. The fourth-order valence-electron chi connectivity index (χ4n) is 3.19. The summed E-state index contributed by atoms with van der Waals surface area (Å²) >= 11 is 0. The van der Waals surface area contributed by atoms with E-state index < -0.39 is 5.97 Å². The maximum Gasteiger partial charge on any atom is 0.344 e. The van der Waals surface area contributed by atoms with Crippen LogP contribution in [-0.4, -0.2) is 5.97 Å². The average molecular weight is 370 g/mol. The van der Waals surface area contributed by atoms with Crippen molar-refractivity contribution in [2.45, 2.75) is 13.8 Å². The van der Waals surface area contributed by atoms with Crippen LogP contribution in [0.2, 0.25) is 0 Å². The number of ether oxygens (including phenoxy) is 1. The molecule has 0 unspecified atom stereocenters. The van der Waals surface area contributed by atoms with Crippen LogP contribution in [0.5, 0.6) is 5.75 Å². The molecule has 1 heterocycles. The van der Waals surface area contributed by atoms with Gasteiger partial charge in [0.15, 0.2) is 0 Å². The minimum absolute atomic E-state index is 0.388. The lowest BCUT2D eigenvalue weighted by Gasteiger charge is -2.10. The lowest BCUT2D eigenvalue weighted by Crippen LogP contribution is -2.09. The van der Waals surface area contributed by atoms with Crippen LogP contribution in [-0.2, 0) is 0 Å². The number of hydrogen-bond donors (Lipinski definition) is 0. The smallest absolute Gasteiger partial charge is 0.344 e. The summed E-state index contributed by atoms with van der Waals surface area (Å²) in [4.78, 5) is 24.9. The van der Waals surface area contributed by atoms with Gasteiger partial charge in [0.25, 0.3) is 0 Å². The highest BCUT2D eigenvalue weighted by Crippen LogP contribution is 2.29. The van der Waals surface area contributed by atoms with Gasteiger partial charge in [0.2, 0.25) is 0 Å². The van der Waals surface area contributed by atoms with Gasteiger partial charge in [-0.1, -0.05) is 48.0 Å². The number of esters is 1. The van der Waals surface area contributed by atoms with Crippen molar-refractivity contribution >= 4 is 16.9 Å². The first-order valence-corrected chi connectivity index (χ1v) is 8.94. The molecular formula is C24H18O4. The Labute approximate surface area is 162 Å². The zero-order valence-electron chi connectivity index (χ0n) is 15.6. The molecule has 4 aromatic rings. The zero-order chi connectivity index (χ0) is 19.7. The Morgan fingerprint density at radius 3 is 2.32 bits per heavy atom. The van der Waals surface area contributed by atoms with Crippen LogP contribution in [0.4, 0.5) is 0 Å². The minimum atomic E-state index is -0.433. The fraction of sp³-hybridized carbons (Fsp3) is 0.0833. The van der Waals surface area contributed by atoms with Crippen molar-refractivity contribution in [2.75, 3.05) is 0 Å². The molecule has 4 rings (SSSR count). The monoisotopic (exact) mass is 370 g/mol. The first-order chi connectivity index (χ1) is 13.5. The van der Waals surface area contributed by atoms with Gasteiger partial charge in [0.1, 0.15) is 11.3 Å². The van der Waals surface area contributed by atoms with E-state index in [4.69, 9.17) is 9.15 Å². The molecule has 0 aliphatic rings. The highest BCUT2D eigenvalue weighted by atomic mass is 16.5. The molecule has 0 spiro atoms. The maximum absolute atomic E-state index is 12.5. The highest BCUT2D eigenvalue weighted by Gasteiger charge is 2.15. The molecule has 4 heteroatoms. The van der Waals surface area contributed by atoms with Crippen LogP contribution in [0.25, 0.3) is 22.1 Å². The molecule has 0 aliphatic heterocycles. The molecule has 0 fully saturated rings. The summed E-state index contributed by atoms with van der Waals surface area (Å²) < 4.78 is 11.0. The van der Waals surface area contributed by atoms with E-state index in [1.54, 1.807) is 30.3 Å². The van der Waals surface area contributed by atoms with Gasteiger partial charge in [0.05, 0.1) is 11.1 Å². The van der Waals surface area contributed by atoms with Crippen LogP contribution >= 0.6 is 0 Å². The summed E-state index contributed by atoms with van der Waals surface area (Å²) in [6, 6.07) is 21.6. The topological polar surface area (TPSA) is 56.5 Å². The molecule has 0 amide bonds. The Bertz CT molecular complexity index is 1220. The van der Waals surface area contributed by atoms with E-state index in [1.807, 2.05) is 56.3 Å². The van der Waals surface area contributed by atoms with Gasteiger partial charge in [-0.15, -0.1) is 0 Å². The second-order valence-corrected chi connectivity index (χ2v) is 6.67. The van der Waals surface area contributed by atoms with E-state index in [0.29, 0.717) is 22.5 Å². The van der Waals surface area contributed by atoms with E-state index in [9.17, 15) is 9.59 Å². The third-order valence-corrected chi connectivity index (χ3v) is 4.70. The predicted molar refractivity (Wildman–Crippen MR) is 109 cm³/mol. The Kier molecular flexibility index (Phi) is 4.53. The lowest BCUT2D eigenvalue weighted by molar-refractivity contribution is 0.0735. The van der Waals surface area contributed by atoms with Crippen LogP contribution in [0.15, 0.2) is 82.0 Å². The van der Waals surface area contributed by atoms with Crippen LogP contribution in [0.3, 0.4) is 0 Å². The molecule has 3 aromatic carbocycles. The molecule has 0 bridgehead atoms. The third kappa shape index (κ3) is 3.32. The van der Waals surface area contributed by atoms with Crippen molar-refractivity contribution in [2.24, 2.45) is 0 Å². The molecular weight excluding hydrogens is 352 g/mol. The second-order valence-electron chi connectivity index (χ2n) is 6.67. The van der Waals surface area contributed by atoms with E-state index in [-0.39, 0.29) is 5.63 Å². The average Bonchev–Trinajstić information content (AvgIpc) is 2.70. The summed E-state index contributed by atoms with van der Waals surface area (Å²) in [5, 5.41) is 0.729. The Balaban J connectivity index is 1.75. The minimum Gasteiger partial charge on any atom is -0.423 e. The molecule has 0 aliphatic carbocycles. The largest absolute Gasteiger partial charge is 0.423 e. The number of carbonyl (C=O) groups is 1. The Morgan fingerprint density at radius 1 is 0.893 bits per heavy atom. The first kappa shape index (κ1) is 17.7. The quantitative estimate of drug-likeness (QED) is 0.279. The van der Waals surface area contributed by atoms with Crippen molar-refractivity contribution in [1.29, 1.82) is 0 Å². The van der Waals surface area contributed by atoms with Crippen molar-refractivity contribution in [3.63, 3.8) is 0 Å². The van der Waals surface area contributed by atoms with Gasteiger partial charge in [-0.2, -0.15) is 0 Å². The third-order valence-electron chi connectivity index (χ3n) is 4.70. The number of carbonyl (C=O) groups excluding carboxylic acids is 1. The predicted octanol–water partition coefficient (Wildman–Crippen LogP) is 5.30. The summed E-state index contributed by atoms with van der Waals surface area (Å²) in [5.41, 5.74) is 3.70. The van der Waals surface area contributed by atoms with Gasteiger partial charge >= 0.3 is 11.6 Å². The van der Waals surface area contributed by atoms with Gasteiger partial charge in [-0.3, -0.25) is 0 Å². The summed E-state index contributed by atoms with van der Waals surface area (Å²) in [7, 11) is 0. The molecule has 28 heavy (non-hydrogen) atoms. The zero-order valence-corrected chi connectivity index (χ0v) is 15.6. The number of rotatable bonds is 3. The molecule has 0 saturated heterocycles. The van der Waals surface area contributed by atoms with E-state index >= 15 is 0 Å². The fourth-order valence-corrected chi connectivity index (χ4v) is 3.19. The molecule has 0 radical (unpaired) electrons. The summed E-state index contributed by atoms with van der Waals surface area (Å²) in [5.74, 6) is -0.0355. The summed E-state index contributed by atoms with van der Waals surface area (Å²) in [6.45, 7) is 3.83. The molecule has 0 saturated carbocycles. The van der Waals surface area contributed by atoms with Crippen LogP contribution in [0.1, 0.15) is 21.5 Å². The maximum atomic E-state index is 12.5. The number of aryl methyl sites for hydroxylation is 2. The van der Waals surface area contributed by atoms with Crippen molar-refractivity contribution in [3.8, 4) is 16.9 Å². The Hall–Kier alpha value is -3.66.